The number of anilines is 1. The molecule has 0 bridgehead atoms. The molecule has 0 saturated heterocycles. The van der Waals surface area contributed by atoms with Crippen molar-refractivity contribution in [2.75, 3.05) is 5.73 Å². The van der Waals surface area contributed by atoms with Gasteiger partial charge in [0.2, 0.25) is 0 Å². The van der Waals surface area contributed by atoms with Gasteiger partial charge >= 0.3 is 0 Å². The molecule has 3 rings (SSSR count). The summed E-state index contributed by atoms with van der Waals surface area (Å²) in [5.41, 5.74) is 8.88. The number of nitrogens with two attached hydrogens (primary N) is 1. The van der Waals surface area contributed by atoms with Crippen LogP contribution in [0.3, 0.4) is 0 Å². The predicted molar refractivity (Wildman–Crippen MR) is 78.5 cm³/mol. The summed E-state index contributed by atoms with van der Waals surface area (Å²) in [5.74, 6) is 1.15. The molecule has 0 amide bonds. The molecule has 0 aliphatic rings. The molecular weight excluding hydrogens is 272 g/mol. The summed E-state index contributed by atoms with van der Waals surface area (Å²) in [5, 5.41) is 4.53. The minimum Gasteiger partial charge on any atom is -0.375 e. The van der Waals surface area contributed by atoms with Crippen LogP contribution in [0.4, 0.5) is 5.13 Å². The Morgan fingerprint density at radius 2 is 2.10 bits per heavy atom. The number of nitrogens with zero attached hydrogens (tertiary/aromatic N) is 3. The molecule has 1 aromatic carbocycles. The number of nitrogen functional groups attached to an aromatic ring is 1. The molecule has 0 aliphatic carbocycles. The lowest BCUT2D eigenvalue weighted by Gasteiger charge is -1.97. The molecule has 0 fully saturated rings. The predicted octanol–water partition coefficient (Wildman–Crippen LogP) is 2.98. The Hall–Kier alpha value is -2.21. The van der Waals surface area contributed by atoms with Crippen molar-refractivity contribution in [2.24, 2.45) is 0 Å². The van der Waals surface area contributed by atoms with E-state index in [0.29, 0.717) is 23.3 Å². The molecule has 0 spiro atoms. The molecule has 3 aromatic rings. The van der Waals surface area contributed by atoms with Crippen LogP contribution in [-0.4, -0.2) is 15.1 Å². The van der Waals surface area contributed by atoms with Gasteiger partial charge in [-0.15, -0.1) is 0 Å². The minimum absolute atomic E-state index is 0.486. The Morgan fingerprint density at radius 1 is 1.25 bits per heavy atom. The normalized spacial score (nSPS) is 10.9. The quantitative estimate of drug-likeness (QED) is 0.800. The van der Waals surface area contributed by atoms with Crippen LogP contribution in [0, 0.1) is 13.8 Å². The molecule has 5 nitrogen and oxygen atoms in total. The van der Waals surface area contributed by atoms with Crippen molar-refractivity contribution in [3.63, 3.8) is 0 Å². The van der Waals surface area contributed by atoms with E-state index in [1.54, 1.807) is 0 Å². The first kappa shape index (κ1) is 12.8. The van der Waals surface area contributed by atoms with Gasteiger partial charge in [-0.1, -0.05) is 46.3 Å². The maximum Gasteiger partial charge on any atom is 0.270 e. The van der Waals surface area contributed by atoms with Crippen LogP contribution in [0.15, 0.2) is 28.8 Å². The van der Waals surface area contributed by atoms with Gasteiger partial charge in [0.1, 0.15) is 4.88 Å². The summed E-state index contributed by atoms with van der Waals surface area (Å²) in [4.78, 5) is 9.42. The average Bonchev–Trinajstić information content (AvgIpc) is 2.96. The molecule has 20 heavy (non-hydrogen) atoms. The SMILES string of the molecule is Cc1cccc(Cc2noc(-c3sc(N)nc3C)n2)c1. The third-order valence-electron chi connectivity index (χ3n) is 2.92. The van der Waals surface area contributed by atoms with Crippen molar-refractivity contribution < 1.29 is 4.52 Å². The molecule has 0 unspecified atom stereocenters. The van der Waals surface area contributed by atoms with Gasteiger partial charge in [0.25, 0.3) is 5.89 Å². The van der Waals surface area contributed by atoms with Crippen molar-refractivity contribution in [1.29, 1.82) is 0 Å². The summed E-state index contributed by atoms with van der Waals surface area (Å²) in [6.45, 7) is 3.95. The van der Waals surface area contributed by atoms with Crippen LogP contribution in [0.25, 0.3) is 10.8 Å². The summed E-state index contributed by atoms with van der Waals surface area (Å²) in [6, 6.07) is 8.26. The van der Waals surface area contributed by atoms with E-state index in [1.165, 1.54) is 16.9 Å². The second-order valence-electron chi connectivity index (χ2n) is 4.65. The second-order valence-corrected chi connectivity index (χ2v) is 5.68. The molecule has 0 aliphatic heterocycles. The van der Waals surface area contributed by atoms with E-state index in [-0.39, 0.29) is 0 Å². The lowest BCUT2D eigenvalue weighted by molar-refractivity contribution is 0.424. The highest BCUT2D eigenvalue weighted by Gasteiger charge is 2.15. The van der Waals surface area contributed by atoms with Crippen LogP contribution < -0.4 is 5.73 Å². The third-order valence-corrected chi connectivity index (χ3v) is 3.89. The van der Waals surface area contributed by atoms with Gasteiger partial charge in [0, 0.05) is 6.42 Å². The fraction of sp³-hybridized carbons (Fsp3) is 0.214. The maximum absolute atomic E-state index is 5.68. The second kappa shape index (κ2) is 5.05. The Balaban J connectivity index is 1.85. The van der Waals surface area contributed by atoms with Crippen molar-refractivity contribution in [3.05, 3.63) is 46.9 Å². The van der Waals surface area contributed by atoms with Gasteiger partial charge in [0.15, 0.2) is 11.0 Å². The molecular formula is C14H14N4OS. The van der Waals surface area contributed by atoms with E-state index in [2.05, 4.69) is 40.2 Å². The van der Waals surface area contributed by atoms with Crippen molar-refractivity contribution >= 4 is 16.5 Å². The van der Waals surface area contributed by atoms with Crippen LogP contribution in [0.1, 0.15) is 22.6 Å². The highest BCUT2D eigenvalue weighted by molar-refractivity contribution is 7.18. The van der Waals surface area contributed by atoms with E-state index >= 15 is 0 Å². The van der Waals surface area contributed by atoms with E-state index < -0.39 is 0 Å². The highest BCUT2D eigenvalue weighted by atomic mass is 32.1. The van der Waals surface area contributed by atoms with Crippen LogP contribution >= 0.6 is 11.3 Å². The zero-order valence-corrected chi connectivity index (χ0v) is 12.1. The lowest BCUT2D eigenvalue weighted by Crippen LogP contribution is -1.91. The Kier molecular flexibility index (Phi) is 3.23. The largest absolute Gasteiger partial charge is 0.375 e. The Labute approximate surface area is 120 Å². The number of thiazole rings is 1. The van der Waals surface area contributed by atoms with E-state index in [4.69, 9.17) is 10.3 Å². The fourth-order valence-corrected chi connectivity index (χ4v) is 2.79. The van der Waals surface area contributed by atoms with Crippen LogP contribution in [0.5, 0.6) is 0 Å². The smallest absolute Gasteiger partial charge is 0.270 e. The monoisotopic (exact) mass is 286 g/mol. The summed E-state index contributed by atoms with van der Waals surface area (Å²) in [6.07, 6.45) is 0.651. The van der Waals surface area contributed by atoms with Gasteiger partial charge in [-0.2, -0.15) is 4.98 Å². The first-order valence-corrected chi connectivity index (χ1v) is 7.05. The van der Waals surface area contributed by atoms with E-state index in [1.807, 2.05) is 13.0 Å². The number of aromatic nitrogens is 3. The lowest BCUT2D eigenvalue weighted by atomic mass is 10.1. The average molecular weight is 286 g/mol. The highest BCUT2D eigenvalue weighted by Crippen LogP contribution is 2.30. The van der Waals surface area contributed by atoms with Gasteiger partial charge in [-0.25, -0.2) is 4.98 Å². The van der Waals surface area contributed by atoms with Crippen LogP contribution in [0.2, 0.25) is 0 Å². The minimum atomic E-state index is 0.486. The number of hydrogen-bond donors (Lipinski definition) is 1. The van der Waals surface area contributed by atoms with Crippen molar-refractivity contribution in [1.82, 2.24) is 15.1 Å². The topological polar surface area (TPSA) is 77.8 Å². The maximum atomic E-state index is 5.68. The third kappa shape index (κ3) is 2.55. The molecule has 2 aromatic heterocycles. The molecule has 0 saturated carbocycles. The summed E-state index contributed by atoms with van der Waals surface area (Å²) < 4.78 is 5.30. The number of aryl methyl sites for hydroxylation is 2. The number of rotatable bonds is 3. The standard InChI is InChI=1S/C14H14N4OS/c1-8-4-3-5-10(6-8)7-11-17-13(19-18-11)12-9(2)16-14(15)20-12/h3-6H,7H2,1-2H3,(H2,15,16). The summed E-state index contributed by atoms with van der Waals surface area (Å²) >= 11 is 1.36. The first-order chi connectivity index (χ1) is 9.61. The van der Waals surface area contributed by atoms with Gasteiger partial charge in [-0.05, 0) is 19.4 Å². The zero-order valence-electron chi connectivity index (χ0n) is 11.3. The number of benzene rings is 1. The zero-order chi connectivity index (χ0) is 14.1. The molecule has 2 N–H and O–H groups in total. The van der Waals surface area contributed by atoms with Crippen molar-refractivity contribution in [2.45, 2.75) is 20.3 Å². The van der Waals surface area contributed by atoms with Gasteiger partial charge < -0.3 is 10.3 Å². The summed E-state index contributed by atoms with van der Waals surface area (Å²) in [7, 11) is 0. The van der Waals surface area contributed by atoms with E-state index in [0.717, 1.165) is 16.1 Å². The molecule has 102 valence electrons. The van der Waals surface area contributed by atoms with Gasteiger partial charge in [-0.3, -0.25) is 0 Å². The van der Waals surface area contributed by atoms with Crippen molar-refractivity contribution in [3.8, 4) is 10.8 Å². The Morgan fingerprint density at radius 3 is 2.80 bits per heavy atom. The molecule has 6 heteroatoms. The molecule has 2 heterocycles. The molecule has 0 radical (unpaired) electrons. The number of hydrogen-bond acceptors (Lipinski definition) is 6. The van der Waals surface area contributed by atoms with Crippen LogP contribution in [-0.2, 0) is 6.42 Å². The first-order valence-electron chi connectivity index (χ1n) is 6.23. The molecule has 0 atom stereocenters. The fourth-order valence-electron chi connectivity index (χ4n) is 2.04. The Bertz CT molecular complexity index is 747. The van der Waals surface area contributed by atoms with E-state index in [9.17, 15) is 0 Å². The van der Waals surface area contributed by atoms with Gasteiger partial charge in [0.05, 0.1) is 5.69 Å².